The molecule has 2 aromatic carbocycles. The fraction of sp³-hybridized carbons (Fsp3) is 0.400. The molecule has 1 aliphatic heterocycles. The molecule has 10 nitrogen and oxygen atoms in total. The summed E-state index contributed by atoms with van der Waals surface area (Å²) in [5.41, 5.74) is 5.27. The summed E-state index contributed by atoms with van der Waals surface area (Å²) in [6.45, 7) is 4.93. The SMILES string of the molecule is CC(C)NC(=O)Nc1cc(CN2CC[C@H](NC(=O)CNC(=O)c3cc(C(F)(F)F)ccc3N)C2)ccc1O. The Balaban J connectivity index is 1.49. The Morgan fingerprint density at radius 1 is 1.16 bits per heavy atom. The lowest BCUT2D eigenvalue weighted by Crippen LogP contribution is -2.43. The minimum atomic E-state index is -4.63. The number of hydrogen-bond donors (Lipinski definition) is 6. The Bertz CT molecular complexity index is 1190. The van der Waals surface area contributed by atoms with Crippen molar-refractivity contribution in [2.75, 3.05) is 30.7 Å². The maximum Gasteiger partial charge on any atom is 0.416 e. The molecule has 0 bridgehead atoms. The molecule has 1 fully saturated rings. The van der Waals surface area contributed by atoms with Crippen molar-refractivity contribution >= 4 is 29.2 Å². The largest absolute Gasteiger partial charge is 0.506 e. The van der Waals surface area contributed by atoms with Crippen molar-refractivity contribution in [2.45, 2.75) is 45.1 Å². The topological polar surface area (TPSA) is 149 Å². The number of hydrogen-bond acceptors (Lipinski definition) is 6. The van der Waals surface area contributed by atoms with E-state index in [4.69, 9.17) is 5.73 Å². The number of urea groups is 1. The Morgan fingerprint density at radius 2 is 1.89 bits per heavy atom. The second-order valence-corrected chi connectivity index (χ2v) is 9.38. The van der Waals surface area contributed by atoms with Gasteiger partial charge in [0.1, 0.15) is 5.75 Å². The molecular weight excluding hydrogens is 505 g/mol. The number of anilines is 2. The molecule has 0 aromatic heterocycles. The van der Waals surface area contributed by atoms with E-state index in [1.807, 2.05) is 13.8 Å². The van der Waals surface area contributed by atoms with Gasteiger partial charge in [0.2, 0.25) is 5.91 Å². The Morgan fingerprint density at radius 3 is 2.58 bits per heavy atom. The van der Waals surface area contributed by atoms with Crippen LogP contribution in [-0.2, 0) is 17.5 Å². The van der Waals surface area contributed by atoms with Crippen LogP contribution in [0.25, 0.3) is 0 Å². The number of phenolic OH excluding ortho intramolecular Hbond substituents is 1. The minimum Gasteiger partial charge on any atom is -0.506 e. The van der Waals surface area contributed by atoms with Gasteiger partial charge in [0, 0.05) is 37.4 Å². The molecule has 1 atom stereocenters. The third kappa shape index (κ3) is 8.00. The lowest BCUT2D eigenvalue weighted by Gasteiger charge is -2.18. The second kappa shape index (κ2) is 12.0. The van der Waals surface area contributed by atoms with Crippen LogP contribution in [0.5, 0.6) is 5.75 Å². The van der Waals surface area contributed by atoms with Crippen LogP contribution in [0.1, 0.15) is 41.8 Å². The van der Waals surface area contributed by atoms with E-state index in [1.165, 1.54) is 6.07 Å². The summed E-state index contributed by atoms with van der Waals surface area (Å²) in [4.78, 5) is 38.7. The molecule has 2 aromatic rings. The standard InChI is InChI=1S/C25H31F3N6O4/c1-14(2)31-24(38)33-20-9-15(3-6-21(20)35)12-34-8-7-17(13-34)32-22(36)11-30-23(37)18-10-16(25(26,27)28)4-5-19(18)29/h3-6,9-10,14,17,35H,7-8,11-13,29H2,1-2H3,(H,30,37)(H,32,36)(H2,31,33,38)/t17-/m0/s1. The maximum absolute atomic E-state index is 12.9. The van der Waals surface area contributed by atoms with E-state index < -0.39 is 36.1 Å². The van der Waals surface area contributed by atoms with Gasteiger partial charge in [0.25, 0.3) is 5.91 Å². The number of nitrogens with one attached hydrogen (secondary N) is 4. The number of benzene rings is 2. The summed E-state index contributed by atoms with van der Waals surface area (Å²) in [7, 11) is 0. The number of nitrogen functional groups attached to an aromatic ring is 1. The van der Waals surface area contributed by atoms with Gasteiger partial charge in [-0.1, -0.05) is 6.07 Å². The van der Waals surface area contributed by atoms with Crippen molar-refractivity contribution in [2.24, 2.45) is 0 Å². The maximum atomic E-state index is 12.9. The highest BCUT2D eigenvalue weighted by Gasteiger charge is 2.31. The number of likely N-dealkylation sites (tertiary alicyclic amines) is 1. The molecule has 0 aliphatic carbocycles. The smallest absolute Gasteiger partial charge is 0.416 e. The zero-order chi connectivity index (χ0) is 28.0. The van der Waals surface area contributed by atoms with Crippen LogP contribution in [0.2, 0.25) is 0 Å². The second-order valence-electron chi connectivity index (χ2n) is 9.38. The fourth-order valence-corrected chi connectivity index (χ4v) is 4.02. The van der Waals surface area contributed by atoms with Gasteiger partial charge < -0.3 is 32.1 Å². The first-order valence-electron chi connectivity index (χ1n) is 12.0. The van der Waals surface area contributed by atoms with Gasteiger partial charge in [-0.15, -0.1) is 0 Å². The number of nitrogens with zero attached hydrogens (tertiary/aromatic N) is 1. The number of carbonyl (C=O) groups is 3. The van der Waals surface area contributed by atoms with Crippen LogP contribution < -0.4 is 27.0 Å². The molecule has 38 heavy (non-hydrogen) atoms. The number of nitrogens with two attached hydrogens (primary N) is 1. The monoisotopic (exact) mass is 536 g/mol. The average molecular weight is 537 g/mol. The van der Waals surface area contributed by atoms with Gasteiger partial charge in [-0.05, 0) is 56.2 Å². The van der Waals surface area contributed by atoms with Gasteiger partial charge in [-0.2, -0.15) is 13.2 Å². The Kier molecular flexibility index (Phi) is 9.04. The highest BCUT2D eigenvalue weighted by atomic mass is 19.4. The van der Waals surface area contributed by atoms with Crippen LogP contribution in [0.4, 0.5) is 29.3 Å². The molecule has 3 rings (SSSR count). The van der Waals surface area contributed by atoms with Crippen LogP contribution in [0.15, 0.2) is 36.4 Å². The first kappa shape index (κ1) is 28.6. The first-order valence-corrected chi connectivity index (χ1v) is 12.0. The van der Waals surface area contributed by atoms with Gasteiger partial charge in [-0.25, -0.2) is 4.79 Å². The van der Waals surface area contributed by atoms with Gasteiger partial charge >= 0.3 is 12.2 Å². The number of carbonyl (C=O) groups excluding carboxylic acids is 3. The lowest BCUT2D eigenvalue weighted by atomic mass is 10.1. The summed E-state index contributed by atoms with van der Waals surface area (Å²) in [5.74, 6) is -1.42. The van der Waals surface area contributed by atoms with Crippen molar-refractivity contribution in [1.82, 2.24) is 20.9 Å². The molecule has 1 aliphatic rings. The molecule has 4 amide bonds. The predicted molar refractivity (Wildman–Crippen MR) is 135 cm³/mol. The summed E-state index contributed by atoms with van der Waals surface area (Å²) < 4.78 is 38.8. The zero-order valence-corrected chi connectivity index (χ0v) is 21.0. The fourth-order valence-electron chi connectivity index (χ4n) is 4.02. The van der Waals surface area contributed by atoms with E-state index >= 15 is 0 Å². The number of rotatable bonds is 8. The number of aromatic hydroxyl groups is 1. The molecule has 13 heteroatoms. The van der Waals surface area contributed by atoms with Gasteiger partial charge in [0.15, 0.2) is 0 Å². The van der Waals surface area contributed by atoms with E-state index in [1.54, 1.807) is 12.1 Å². The minimum absolute atomic E-state index is 0.0619. The quantitative estimate of drug-likeness (QED) is 0.226. The predicted octanol–water partition coefficient (Wildman–Crippen LogP) is 2.64. The van der Waals surface area contributed by atoms with E-state index in [2.05, 4.69) is 26.2 Å². The van der Waals surface area contributed by atoms with Crippen LogP contribution in [-0.4, -0.2) is 59.6 Å². The number of phenols is 1. The van der Waals surface area contributed by atoms with Crippen molar-refractivity contribution in [3.63, 3.8) is 0 Å². The molecule has 0 unspecified atom stereocenters. The molecule has 0 spiro atoms. The molecule has 1 heterocycles. The molecule has 1 saturated heterocycles. The van der Waals surface area contributed by atoms with Crippen molar-refractivity contribution in [1.29, 1.82) is 0 Å². The lowest BCUT2D eigenvalue weighted by molar-refractivity contribution is -0.137. The normalized spacial score (nSPS) is 15.8. The Labute approximate surface area is 217 Å². The van der Waals surface area contributed by atoms with Crippen molar-refractivity contribution < 1.29 is 32.7 Å². The summed E-state index contributed by atoms with van der Waals surface area (Å²) >= 11 is 0. The highest BCUT2D eigenvalue weighted by molar-refractivity contribution is 6.00. The first-order chi connectivity index (χ1) is 17.8. The highest BCUT2D eigenvalue weighted by Crippen LogP contribution is 2.31. The van der Waals surface area contributed by atoms with Gasteiger partial charge in [-0.3, -0.25) is 14.5 Å². The number of halogens is 3. The van der Waals surface area contributed by atoms with Crippen LogP contribution in [0, 0.1) is 0 Å². The third-order valence-corrected chi connectivity index (χ3v) is 5.81. The van der Waals surface area contributed by atoms with Gasteiger partial charge in [0.05, 0.1) is 23.4 Å². The number of alkyl halides is 3. The van der Waals surface area contributed by atoms with E-state index in [0.29, 0.717) is 32.1 Å². The average Bonchev–Trinajstić information content (AvgIpc) is 3.25. The summed E-state index contributed by atoms with van der Waals surface area (Å²) in [6.07, 6.45) is -3.98. The number of amides is 4. The summed E-state index contributed by atoms with van der Waals surface area (Å²) in [6, 6.07) is 6.65. The third-order valence-electron chi connectivity index (χ3n) is 5.81. The van der Waals surface area contributed by atoms with Crippen molar-refractivity contribution in [3.8, 4) is 5.75 Å². The van der Waals surface area contributed by atoms with E-state index in [-0.39, 0.29) is 34.8 Å². The van der Waals surface area contributed by atoms with Crippen LogP contribution in [0.3, 0.4) is 0 Å². The zero-order valence-electron chi connectivity index (χ0n) is 21.0. The molecule has 206 valence electrons. The van der Waals surface area contributed by atoms with E-state index in [9.17, 15) is 32.7 Å². The molecular formula is C25H31F3N6O4. The summed E-state index contributed by atoms with van der Waals surface area (Å²) in [5, 5.41) is 20.5. The molecule has 7 N–H and O–H groups in total. The van der Waals surface area contributed by atoms with Crippen LogP contribution >= 0.6 is 0 Å². The molecule has 0 saturated carbocycles. The Hall–Kier alpha value is -4.00. The molecule has 0 radical (unpaired) electrons. The van der Waals surface area contributed by atoms with Crippen molar-refractivity contribution in [3.05, 3.63) is 53.1 Å². The van der Waals surface area contributed by atoms with E-state index in [0.717, 1.165) is 17.7 Å².